The van der Waals surface area contributed by atoms with Crippen molar-refractivity contribution >= 4 is 29.0 Å². The number of thiazole rings is 1. The molecule has 7 heteroatoms. The number of urea groups is 1. The molecule has 0 saturated carbocycles. The predicted octanol–water partition coefficient (Wildman–Crippen LogP) is 7.59. The lowest BCUT2D eigenvalue weighted by atomic mass is 10.0. The number of carbonyl (C=O) groups is 2. The van der Waals surface area contributed by atoms with E-state index in [0.29, 0.717) is 31.2 Å². The topological polar surface area (TPSA) is 65.5 Å². The third kappa shape index (κ3) is 8.02. The molecule has 208 valence electrons. The van der Waals surface area contributed by atoms with Crippen molar-refractivity contribution in [2.75, 3.05) is 11.9 Å². The summed E-state index contributed by atoms with van der Waals surface area (Å²) in [4.78, 5) is 35.1. The highest BCUT2D eigenvalue weighted by Crippen LogP contribution is 2.20. The van der Waals surface area contributed by atoms with Gasteiger partial charge in [0.25, 0.3) is 5.91 Å². The Kier molecular flexibility index (Phi) is 10.1. The van der Waals surface area contributed by atoms with E-state index in [1.165, 1.54) is 22.5 Å². The van der Waals surface area contributed by atoms with Crippen molar-refractivity contribution in [2.24, 2.45) is 0 Å². The van der Waals surface area contributed by atoms with Gasteiger partial charge in [-0.15, -0.1) is 11.3 Å². The van der Waals surface area contributed by atoms with E-state index in [-0.39, 0.29) is 18.0 Å². The fraction of sp³-hybridized carbons (Fsp3) is 0.303. The zero-order valence-corrected chi connectivity index (χ0v) is 24.5. The number of hydrogen-bond donors (Lipinski definition) is 1. The van der Waals surface area contributed by atoms with Gasteiger partial charge in [0.1, 0.15) is 10.7 Å². The summed E-state index contributed by atoms with van der Waals surface area (Å²) >= 11 is 1.41. The fourth-order valence-corrected chi connectivity index (χ4v) is 5.16. The summed E-state index contributed by atoms with van der Waals surface area (Å²) in [7, 11) is 0. The molecule has 1 N–H and O–H groups in total. The van der Waals surface area contributed by atoms with Gasteiger partial charge in [-0.05, 0) is 55.0 Å². The summed E-state index contributed by atoms with van der Waals surface area (Å²) in [5.74, 6) is 0.328. The molecule has 1 aromatic heterocycles. The smallest absolute Gasteiger partial charge is 0.322 e. The van der Waals surface area contributed by atoms with Crippen LogP contribution in [0.4, 0.5) is 10.5 Å². The molecule has 0 spiro atoms. The Balaban J connectivity index is 1.45. The minimum absolute atomic E-state index is 0.0431. The van der Waals surface area contributed by atoms with Gasteiger partial charge >= 0.3 is 6.03 Å². The second-order valence-electron chi connectivity index (χ2n) is 10.5. The quantitative estimate of drug-likeness (QED) is 0.208. The van der Waals surface area contributed by atoms with Gasteiger partial charge in [0.15, 0.2) is 0 Å². The SMILES string of the molecule is CC(C)c1ccc(NC(=O)N(Cc2nc(C(=O)N(CCc3ccccc3)Cc3ccccc3)cs2)C(C)C)cc1. The van der Waals surface area contributed by atoms with Crippen molar-refractivity contribution in [3.8, 4) is 0 Å². The Labute approximate surface area is 241 Å². The molecule has 4 aromatic rings. The summed E-state index contributed by atoms with van der Waals surface area (Å²) in [5, 5.41) is 5.54. The van der Waals surface area contributed by atoms with E-state index in [1.807, 2.05) is 91.5 Å². The number of nitrogens with one attached hydrogen (secondary N) is 1. The summed E-state index contributed by atoms with van der Waals surface area (Å²) in [6.45, 7) is 9.67. The number of carbonyl (C=O) groups excluding carboxylic acids is 2. The fourth-order valence-electron chi connectivity index (χ4n) is 4.39. The van der Waals surface area contributed by atoms with Crippen LogP contribution in [0.25, 0.3) is 0 Å². The summed E-state index contributed by atoms with van der Waals surface area (Å²) in [6.07, 6.45) is 0.760. The minimum Gasteiger partial charge on any atom is -0.333 e. The lowest BCUT2D eigenvalue weighted by molar-refractivity contribution is 0.0739. The molecule has 0 saturated heterocycles. The van der Waals surface area contributed by atoms with Gasteiger partial charge in [-0.1, -0.05) is 86.6 Å². The van der Waals surface area contributed by atoms with Gasteiger partial charge < -0.3 is 15.1 Å². The van der Waals surface area contributed by atoms with Crippen LogP contribution in [0.5, 0.6) is 0 Å². The van der Waals surface area contributed by atoms with E-state index in [4.69, 9.17) is 0 Å². The van der Waals surface area contributed by atoms with Gasteiger partial charge in [-0.3, -0.25) is 4.79 Å². The van der Waals surface area contributed by atoms with Crippen molar-refractivity contribution in [2.45, 2.75) is 59.2 Å². The zero-order valence-electron chi connectivity index (χ0n) is 23.7. The minimum atomic E-state index is -0.191. The van der Waals surface area contributed by atoms with Gasteiger partial charge in [0.05, 0.1) is 6.54 Å². The first kappa shape index (κ1) is 29.0. The van der Waals surface area contributed by atoms with Crippen molar-refractivity contribution in [3.05, 3.63) is 118 Å². The first-order valence-electron chi connectivity index (χ1n) is 13.8. The molecule has 3 aromatic carbocycles. The number of nitrogens with zero attached hydrogens (tertiary/aromatic N) is 3. The highest BCUT2D eigenvalue weighted by molar-refractivity contribution is 7.09. The number of benzene rings is 3. The third-order valence-electron chi connectivity index (χ3n) is 6.81. The van der Waals surface area contributed by atoms with Crippen LogP contribution in [0.2, 0.25) is 0 Å². The standard InChI is InChI=1S/C33H38N4O2S/c1-24(2)28-15-17-29(18-16-28)34-33(39)37(25(3)4)22-31-35-30(23-40-31)32(38)36(21-27-13-9-6-10-14-27)20-19-26-11-7-5-8-12-26/h5-18,23-25H,19-22H2,1-4H3,(H,34,39). The molecule has 0 fully saturated rings. The monoisotopic (exact) mass is 554 g/mol. The molecule has 1 heterocycles. The van der Waals surface area contributed by atoms with E-state index >= 15 is 0 Å². The Morgan fingerprint density at radius 1 is 0.825 bits per heavy atom. The van der Waals surface area contributed by atoms with Gasteiger partial charge in [0, 0.05) is 30.2 Å². The lowest BCUT2D eigenvalue weighted by Gasteiger charge is -2.26. The number of hydrogen-bond acceptors (Lipinski definition) is 4. The molecule has 0 aliphatic rings. The van der Waals surface area contributed by atoms with Crippen LogP contribution in [0.1, 0.15) is 65.8 Å². The Morgan fingerprint density at radius 3 is 2.05 bits per heavy atom. The zero-order chi connectivity index (χ0) is 28.5. The highest BCUT2D eigenvalue weighted by atomic mass is 32.1. The molecule has 0 aliphatic carbocycles. The van der Waals surface area contributed by atoms with Crippen LogP contribution in [0.15, 0.2) is 90.3 Å². The maximum atomic E-state index is 13.6. The van der Waals surface area contributed by atoms with Crippen LogP contribution in [0.3, 0.4) is 0 Å². The molecule has 40 heavy (non-hydrogen) atoms. The number of anilines is 1. The van der Waals surface area contributed by atoms with Crippen LogP contribution >= 0.6 is 11.3 Å². The lowest BCUT2D eigenvalue weighted by Crippen LogP contribution is -2.39. The first-order chi connectivity index (χ1) is 19.3. The second-order valence-corrected chi connectivity index (χ2v) is 11.4. The van der Waals surface area contributed by atoms with Crippen molar-refractivity contribution < 1.29 is 9.59 Å². The van der Waals surface area contributed by atoms with Crippen molar-refractivity contribution in [1.82, 2.24) is 14.8 Å². The molecule has 3 amide bonds. The molecule has 4 rings (SSSR count). The molecule has 0 atom stereocenters. The number of aromatic nitrogens is 1. The van der Waals surface area contributed by atoms with E-state index in [1.54, 1.807) is 10.3 Å². The van der Waals surface area contributed by atoms with Gasteiger partial charge in [0.2, 0.25) is 0 Å². The van der Waals surface area contributed by atoms with Crippen LogP contribution in [0, 0.1) is 0 Å². The molecule has 0 unspecified atom stereocenters. The van der Waals surface area contributed by atoms with E-state index < -0.39 is 0 Å². The normalized spacial score (nSPS) is 11.1. The average molecular weight is 555 g/mol. The Hall–Kier alpha value is -3.97. The highest BCUT2D eigenvalue weighted by Gasteiger charge is 2.23. The Morgan fingerprint density at radius 2 is 1.45 bits per heavy atom. The first-order valence-corrected chi connectivity index (χ1v) is 14.7. The van der Waals surface area contributed by atoms with Gasteiger partial charge in [-0.2, -0.15) is 0 Å². The van der Waals surface area contributed by atoms with Crippen LogP contribution in [-0.4, -0.2) is 39.3 Å². The van der Waals surface area contributed by atoms with Crippen molar-refractivity contribution in [1.29, 1.82) is 0 Å². The van der Waals surface area contributed by atoms with Crippen molar-refractivity contribution in [3.63, 3.8) is 0 Å². The maximum absolute atomic E-state index is 13.6. The Bertz CT molecular complexity index is 1370. The largest absolute Gasteiger partial charge is 0.333 e. The molecule has 0 bridgehead atoms. The average Bonchev–Trinajstić information content (AvgIpc) is 3.43. The molecule has 0 aliphatic heterocycles. The molecular weight excluding hydrogens is 516 g/mol. The summed E-state index contributed by atoms with van der Waals surface area (Å²) in [6, 6.07) is 27.9. The number of rotatable bonds is 11. The van der Waals surface area contributed by atoms with Crippen LogP contribution < -0.4 is 5.32 Å². The second kappa shape index (κ2) is 13.9. The van der Waals surface area contributed by atoms with E-state index in [9.17, 15) is 9.59 Å². The third-order valence-corrected chi connectivity index (χ3v) is 7.64. The summed E-state index contributed by atoms with van der Waals surface area (Å²) < 4.78 is 0. The van der Waals surface area contributed by atoms with E-state index in [2.05, 4.69) is 36.3 Å². The van der Waals surface area contributed by atoms with E-state index in [0.717, 1.165) is 22.7 Å². The molecule has 6 nitrogen and oxygen atoms in total. The molecular formula is C33H38N4O2S. The predicted molar refractivity (Wildman–Crippen MR) is 164 cm³/mol. The summed E-state index contributed by atoms with van der Waals surface area (Å²) in [5.41, 5.74) is 4.65. The number of amides is 3. The van der Waals surface area contributed by atoms with Gasteiger partial charge in [-0.25, -0.2) is 9.78 Å². The molecule has 0 radical (unpaired) electrons. The van der Waals surface area contributed by atoms with Crippen LogP contribution in [-0.2, 0) is 19.5 Å². The maximum Gasteiger partial charge on any atom is 0.322 e.